The van der Waals surface area contributed by atoms with Gasteiger partial charge in [-0.3, -0.25) is 18.7 Å². The molecule has 0 N–H and O–H groups in total. The monoisotopic (exact) mass is 512 g/mol. The van der Waals surface area contributed by atoms with Crippen LogP contribution in [0.1, 0.15) is 24.5 Å². The molecule has 1 amide bonds. The molecule has 0 spiro atoms. The SMILES string of the molecule is COc1ccc(F)cc1CCn1c(=O)n(C2(C)CC(=O)N(C)C2)c(=O)c2c(C)c(-n3nccn3)sc21. The van der Waals surface area contributed by atoms with Crippen LogP contribution in [0.4, 0.5) is 4.39 Å². The second-order valence-electron chi connectivity index (χ2n) is 9.24. The summed E-state index contributed by atoms with van der Waals surface area (Å²) in [4.78, 5) is 43.6. The van der Waals surface area contributed by atoms with E-state index < -0.39 is 22.6 Å². The fraction of sp³-hybridized carbons (Fsp3) is 0.375. The zero-order chi connectivity index (χ0) is 25.8. The number of hydrogen-bond acceptors (Lipinski definition) is 7. The van der Waals surface area contributed by atoms with Gasteiger partial charge in [0.1, 0.15) is 21.4 Å². The van der Waals surface area contributed by atoms with Crippen LogP contribution < -0.4 is 16.0 Å². The topological polar surface area (TPSA) is 104 Å². The molecule has 12 heteroatoms. The molecule has 36 heavy (non-hydrogen) atoms. The summed E-state index contributed by atoms with van der Waals surface area (Å²) in [7, 11) is 3.16. The standard InChI is InChI=1S/C24H25FN6O4S/c1-14-19-20(33)30(24(2)12-18(32)28(3)13-24)23(34)29(22(19)36-21(14)31-26-8-9-27-31)10-7-15-11-16(25)5-6-17(15)35-4/h5-6,8-9,11H,7,10,12-13H2,1-4H3. The predicted octanol–water partition coefficient (Wildman–Crippen LogP) is 2.08. The Balaban J connectivity index is 1.74. The summed E-state index contributed by atoms with van der Waals surface area (Å²) < 4.78 is 22.1. The fourth-order valence-corrected chi connectivity index (χ4v) is 6.20. The summed E-state index contributed by atoms with van der Waals surface area (Å²) in [5.41, 5.74) is -0.741. The molecular formula is C24H25FN6O4S. The van der Waals surface area contributed by atoms with E-state index in [-0.39, 0.29) is 31.8 Å². The molecule has 5 rings (SSSR count). The van der Waals surface area contributed by atoms with Crippen molar-refractivity contribution in [1.82, 2.24) is 29.0 Å². The Labute approximate surface area is 209 Å². The minimum Gasteiger partial charge on any atom is -0.496 e. The molecule has 4 aromatic rings. The lowest BCUT2D eigenvalue weighted by Gasteiger charge is -2.26. The highest BCUT2D eigenvalue weighted by Gasteiger charge is 2.42. The number of likely N-dealkylation sites (tertiary alicyclic amines) is 1. The van der Waals surface area contributed by atoms with Crippen molar-refractivity contribution in [3.63, 3.8) is 0 Å². The number of hydrogen-bond donors (Lipinski definition) is 0. The van der Waals surface area contributed by atoms with E-state index in [1.165, 1.54) is 61.8 Å². The lowest BCUT2D eigenvalue weighted by molar-refractivity contribution is -0.126. The smallest absolute Gasteiger partial charge is 0.332 e. The molecule has 1 fully saturated rings. The number of aryl methyl sites for hydroxylation is 3. The van der Waals surface area contributed by atoms with E-state index >= 15 is 0 Å². The molecule has 1 atom stereocenters. The summed E-state index contributed by atoms with van der Waals surface area (Å²) >= 11 is 1.24. The zero-order valence-corrected chi connectivity index (χ0v) is 21.1. The van der Waals surface area contributed by atoms with E-state index in [4.69, 9.17) is 4.74 Å². The summed E-state index contributed by atoms with van der Waals surface area (Å²) in [6.07, 6.45) is 3.40. The predicted molar refractivity (Wildman–Crippen MR) is 133 cm³/mol. The maximum absolute atomic E-state index is 14.0. The van der Waals surface area contributed by atoms with Gasteiger partial charge in [0.05, 0.1) is 36.8 Å². The first-order valence-corrected chi connectivity index (χ1v) is 12.2. The molecule has 1 aliphatic heterocycles. The quantitative estimate of drug-likeness (QED) is 0.392. The Morgan fingerprint density at radius 1 is 1.19 bits per heavy atom. The van der Waals surface area contributed by atoms with Crippen molar-refractivity contribution in [3.05, 3.63) is 68.4 Å². The number of ether oxygens (including phenoxy) is 1. The molecule has 188 valence electrons. The Kier molecular flexibility index (Phi) is 5.78. The Morgan fingerprint density at radius 3 is 2.56 bits per heavy atom. The number of amides is 1. The number of thiophene rings is 1. The molecule has 0 aliphatic carbocycles. The summed E-state index contributed by atoms with van der Waals surface area (Å²) in [6.45, 7) is 3.95. The first-order valence-electron chi connectivity index (χ1n) is 11.4. The molecule has 1 aromatic carbocycles. The van der Waals surface area contributed by atoms with Gasteiger partial charge in [0.25, 0.3) is 5.56 Å². The van der Waals surface area contributed by atoms with Crippen LogP contribution in [0, 0.1) is 12.7 Å². The molecule has 1 unspecified atom stereocenters. The van der Waals surface area contributed by atoms with E-state index in [1.54, 1.807) is 27.0 Å². The molecule has 0 radical (unpaired) electrons. The average Bonchev–Trinajstić information content (AvgIpc) is 3.52. The average molecular weight is 513 g/mol. The van der Waals surface area contributed by atoms with Crippen molar-refractivity contribution < 1.29 is 13.9 Å². The summed E-state index contributed by atoms with van der Waals surface area (Å²) in [6, 6.07) is 4.23. The van der Waals surface area contributed by atoms with Gasteiger partial charge in [-0.1, -0.05) is 11.3 Å². The summed E-state index contributed by atoms with van der Waals surface area (Å²) in [5.74, 6) is -0.0384. The van der Waals surface area contributed by atoms with Gasteiger partial charge in [-0.2, -0.15) is 10.2 Å². The minimum atomic E-state index is -1.01. The molecule has 10 nitrogen and oxygen atoms in total. The lowest BCUT2D eigenvalue weighted by atomic mass is 10.0. The van der Waals surface area contributed by atoms with Gasteiger partial charge in [0.15, 0.2) is 0 Å². The highest BCUT2D eigenvalue weighted by molar-refractivity contribution is 7.21. The number of methoxy groups -OCH3 is 1. The number of carbonyl (C=O) groups is 1. The Bertz CT molecular complexity index is 1610. The van der Waals surface area contributed by atoms with Gasteiger partial charge < -0.3 is 9.64 Å². The molecule has 0 bridgehead atoms. The van der Waals surface area contributed by atoms with Gasteiger partial charge in [-0.15, -0.1) is 4.80 Å². The molecule has 3 aromatic heterocycles. The molecule has 1 saturated heterocycles. The van der Waals surface area contributed by atoms with Crippen molar-refractivity contribution in [1.29, 1.82) is 0 Å². The van der Waals surface area contributed by atoms with Crippen LogP contribution in [0.15, 0.2) is 40.2 Å². The van der Waals surface area contributed by atoms with E-state index in [1.807, 2.05) is 0 Å². The first-order chi connectivity index (χ1) is 17.1. The highest BCUT2D eigenvalue weighted by Crippen LogP contribution is 2.33. The summed E-state index contributed by atoms with van der Waals surface area (Å²) in [5, 5.41) is 9.38. The van der Waals surface area contributed by atoms with Gasteiger partial charge in [-0.25, -0.2) is 9.18 Å². The molecule has 0 saturated carbocycles. The number of nitrogens with zero attached hydrogens (tertiary/aromatic N) is 6. The molecular weight excluding hydrogens is 487 g/mol. The number of benzene rings is 1. The van der Waals surface area contributed by atoms with Crippen LogP contribution in [0.2, 0.25) is 0 Å². The highest BCUT2D eigenvalue weighted by atomic mass is 32.1. The number of fused-ring (bicyclic) bond motifs is 1. The minimum absolute atomic E-state index is 0.0403. The van der Waals surface area contributed by atoms with Crippen LogP contribution in [0.5, 0.6) is 5.75 Å². The maximum atomic E-state index is 14.0. The van der Waals surface area contributed by atoms with Crippen molar-refractivity contribution in [3.8, 4) is 10.8 Å². The lowest BCUT2D eigenvalue weighted by Crippen LogP contribution is -2.51. The second-order valence-corrected chi connectivity index (χ2v) is 10.2. The molecule has 4 heterocycles. The van der Waals surface area contributed by atoms with Gasteiger partial charge in [0.2, 0.25) is 5.91 Å². The first kappa shape index (κ1) is 23.9. The van der Waals surface area contributed by atoms with Crippen LogP contribution in [-0.2, 0) is 23.3 Å². The van der Waals surface area contributed by atoms with Gasteiger partial charge in [0, 0.05) is 25.7 Å². The molecule has 1 aliphatic rings. The van der Waals surface area contributed by atoms with E-state index in [0.29, 0.717) is 32.1 Å². The number of carbonyl (C=O) groups excluding carboxylic acids is 1. The van der Waals surface area contributed by atoms with Crippen LogP contribution >= 0.6 is 11.3 Å². The number of aromatic nitrogens is 5. The third kappa shape index (κ3) is 3.72. The van der Waals surface area contributed by atoms with Crippen LogP contribution in [0.25, 0.3) is 15.2 Å². The fourth-order valence-electron chi connectivity index (χ4n) is 4.96. The Morgan fingerprint density at radius 2 is 1.92 bits per heavy atom. The number of rotatable bonds is 6. The zero-order valence-electron chi connectivity index (χ0n) is 20.3. The van der Waals surface area contributed by atoms with Gasteiger partial charge >= 0.3 is 5.69 Å². The Hall–Kier alpha value is -3.80. The third-order valence-electron chi connectivity index (χ3n) is 6.71. The second kappa shape index (κ2) is 8.70. The van der Waals surface area contributed by atoms with Crippen molar-refractivity contribution in [2.24, 2.45) is 0 Å². The van der Waals surface area contributed by atoms with Crippen LogP contribution in [-0.4, -0.2) is 55.6 Å². The normalized spacial score (nSPS) is 17.9. The van der Waals surface area contributed by atoms with Gasteiger partial charge in [-0.05, 0) is 44.0 Å². The number of likely N-dealkylation sites (N-methyl/N-ethyl adjacent to an activating group) is 1. The van der Waals surface area contributed by atoms with Crippen LogP contribution in [0.3, 0.4) is 0 Å². The van der Waals surface area contributed by atoms with Crippen molar-refractivity contribution >= 4 is 27.5 Å². The van der Waals surface area contributed by atoms with E-state index in [9.17, 15) is 18.8 Å². The maximum Gasteiger partial charge on any atom is 0.332 e. The third-order valence-corrected chi connectivity index (χ3v) is 7.99. The number of halogens is 1. The van der Waals surface area contributed by atoms with Crippen molar-refractivity contribution in [2.45, 2.75) is 38.8 Å². The van der Waals surface area contributed by atoms with E-state index in [2.05, 4.69) is 10.2 Å². The van der Waals surface area contributed by atoms with Crippen molar-refractivity contribution in [2.75, 3.05) is 20.7 Å². The largest absolute Gasteiger partial charge is 0.496 e. The van der Waals surface area contributed by atoms with E-state index in [0.717, 1.165) is 0 Å².